The smallest absolute Gasteiger partial charge is 0.138 e. The number of anilines is 2. The Morgan fingerprint density at radius 3 is 0.761 bits per heavy atom. The molecule has 0 aliphatic heterocycles. The lowest BCUT2D eigenvalue weighted by molar-refractivity contribution is 0.389. The number of pyridine rings is 3. The van der Waals surface area contributed by atoms with Crippen LogP contribution in [0, 0.1) is 6.92 Å². The van der Waals surface area contributed by atoms with E-state index in [1.807, 2.05) is 97.3 Å². The Kier molecular flexibility index (Phi) is 21.9. The third kappa shape index (κ3) is 13.5. The molecule has 0 aliphatic carbocycles. The van der Waals surface area contributed by atoms with Crippen LogP contribution in [0.3, 0.4) is 0 Å². The molecule has 0 amide bonds. The molecule has 12 heteroatoms. The topological polar surface area (TPSA) is 150 Å². The highest BCUT2D eigenvalue weighted by Crippen LogP contribution is 2.48. The average molecular weight is 1420 g/mol. The molecule has 0 bridgehead atoms. The summed E-state index contributed by atoms with van der Waals surface area (Å²) in [5.41, 5.74) is 27.8. The summed E-state index contributed by atoms with van der Waals surface area (Å²) in [7, 11) is 0. The normalized spacial score (nSPS) is 11.2. The number of hydrogen-bond acceptors (Lipinski definition) is 9. The molecular formula is C97H85N11O. The van der Waals surface area contributed by atoms with Gasteiger partial charge in [0.15, 0.2) is 0 Å². The van der Waals surface area contributed by atoms with E-state index in [2.05, 4.69) is 320 Å². The molecule has 0 fully saturated rings. The molecule has 18 rings (SSSR count). The van der Waals surface area contributed by atoms with Gasteiger partial charge in [-0.3, -0.25) is 25.6 Å². The summed E-state index contributed by atoms with van der Waals surface area (Å²) in [4.78, 5) is 12.6. The molecule has 0 saturated heterocycles. The zero-order valence-electron chi connectivity index (χ0n) is 58.2. The molecule has 4 N–H and O–H groups in total. The Balaban J connectivity index is 0.000000142. The summed E-state index contributed by atoms with van der Waals surface area (Å²) < 4.78 is 6.51. The van der Waals surface area contributed by atoms with Gasteiger partial charge in [0.05, 0.1) is 22.2 Å². The van der Waals surface area contributed by atoms with Crippen LogP contribution in [-0.2, 0) is 16.6 Å². The van der Waals surface area contributed by atoms with Crippen LogP contribution in [0.5, 0.6) is 0 Å². The second kappa shape index (κ2) is 32.6. The van der Waals surface area contributed by atoms with Crippen molar-refractivity contribution in [3.63, 3.8) is 0 Å². The van der Waals surface area contributed by atoms with Crippen LogP contribution in [-0.4, -0.2) is 49.5 Å². The van der Waals surface area contributed by atoms with Crippen LogP contribution in [0.25, 0.3) is 66.5 Å². The van der Waals surface area contributed by atoms with Crippen LogP contribution >= 0.6 is 0 Å². The van der Waals surface area contributed by atoms with Gasteiger partial charge in [0.1, 0.15) is 33.7 Å². The molecule has 0 saturated carbocycles. The maximum Gasteiger partial charge on any atom is 0.138 e. The lowest BCUT2D eigenvalue weighted by Gasteiger charge is -2.37. The average Bonchev–Trinajstić information content (AvgIpc) is 1.62. The quantitative estimate of drug-likeness (QED) is 0.0488. The van der Waals surface area contributed by atoms with Gasteiger partial charge in [0, 0.05) is 75.7 Å². The van der Waals surface area contributed by atoms with Gasteiger partial charge in [-0.1, -0.05) is 307 Å². The molecule has 0 radical (unpaired) electrons. The Hall–Kier alpha value is -13.9. The standard InChI is InChI=1S/C32H25N3.C31H24N4O.C31H24N4.3CH4/c1-24-17-18-30-29(23-24)31(25-19-21-33-22-20-25)34-35(30)32(26-11-5-2-6-12-26,27-13-7-3-8-14-27)28-15-9-4-10-16-28;36-34-27-16-17-29-28(22-27)30(23-18-20-32-21-19-23)33-35(29)31(24-10-4-1-5-11-24,25-12-6-2-7-13-25)26-14-8-3-9-15-26;32-27-16-17-29-28(22-27)30(23-18-20-33-21-19-23)34-35(29)31(24-10-4-1-5-11-24,25-12-6-2-7-13-25)26-14-8-3-9-15-26;;;/h2-23H,1H3;1-22,34,36H;1-22H,32H2;3*1H4. The SMILES string of the molecule is C.C.C.Cc1ccc2c(c1)c(-c1ccncc1)nn2C(c1ccccc1)(c1ccccc1)c1ccccc1.Nc1ccc2c(c1)c(-c1ccncc1)nn2C(c1ccccc1)(c1ccccc1)c1ccccc1.ONc1ccc2c(c1)c(-c1ccncc1)nn2C(c1ccccc1)(c1ccccc1)c1ccccc1. The molecule has 12 aromatic carbocycles. The minimum atomic E-state index is -0.749. The highest BCUT2D eigenvalue weighted by atomic mass is 16.5. The maximum atomic E-state index is 9.67. The molecular weight excluding hydrogens is 1340 g/mol. The van der Waals surface area contributed by atoms with Gasteiger partial charge in [-0.2, -0.15) is 15.3 Å². The van der Waals surface area contributed by atoms with Crippen LogP contribution in [0.1, 0.15) is 77.9 Å². The van der Waals surface area contributed by atoms with Crippen molar-refractivity contribution in [2.24, 2.45) is 0 Å². The molecule has 109 heavy (non-hydrogen) atoms. The third-order valence-electron chi connectivity index (χ3n) is 19.9. The van der Waals surface area contributed by atoms with Crippen molar-refractivity contribution < 1.29 is 5.21 Å². The van der Waals surface area contributed by atoms with E-state index in [0.717, 1.165) is 117 Å². The van der Waals surface area contributed by atoms with Crippen molar-refractivity contribution in [3.05, 3.63) is 457 Å². The van der Waals surface area contributed by atoms with Crippen LogP contribution in [0.2, 0.25) is 0 Å². The molecule has 534 valence electrons. The Morgan fingerprint density at radius 2 is 0.505 bits per heavy atom. The Morgan fingerprint density at radius 1 is 0.275 bits per heavy atom. The predicted molar refractivity (Wildman–Crippen MR) is 447 cm³/mol. The Labute approximate surface area is 637 Å². The number of aromatic nitrogens is 9. The largest absolute Gasteiger partial charge is 0.399 e. The van der Waals surface area contributed by atoms with Gasteiger partial charge in [0.25, 0.3) is 0 Å². The lowest BCUT2D eigenvalue weighted by atomic mass is 9.77. The molecule has 12 nitrogen and oxygen atoms in total. The van der Waals surface area contributed by atoms with Gasteiger partial charge in [-0.15, -0.1) is 0 Å². The minimum absolute atomic E-state index is 0. The summed E-state index contributed by atoms with van der Waals surface area (Å²) in [5, 5.41) is 28.8. The van der Waals surface area contributed by atoms with E-state index in [1.54, 1.807) is 24.8 Å². The Bertz CT molecular complexity index is 5380. The van der Waals surface area contributed by atoms with E-state index in [0.29, 0.717) is 11.4 Å². The summed E-state index contributed by atoms with van der Waals surface area (Å²) in [6.07, 6.45) is 10.8. The van der Waals surface area contributed by atoms with Gasteiger partial charge < -0.3 is 5.73 Å². The number of benzene rings is 12. The summed E-state index contributed by atoms with van der Waals surface area (Å²) >= 11 is 0. The number of nitrogens with zero attached hydrogens (tertiary/aromatic N) is 9. The van der Waals surface area contributed by atoms with Gasteiger partial charge in [0.2, 0.25) is 0 Å². The molecule has 6 heterocycles. The number of aryl methyl sites for hydroxylation is 1. The number of rotatable bonds is 16. The van der Waals surface area contributed by atoms with Crippen molar-refractivity contribution >= 4 is 44.1 Å². The number of nitrogen functional groups attached to an aromatic ring is 1. The summed E-state index contributed by atoms with van der Waals surface area (Å²) in [5.74, 6) is 0. The second-order valence-corrected chi connectivity index (χ2v) is 26.1. The summed E-state index contributed by atoms with van der Waals surface area (Å²) in [6, 6.07) is 126. The molecule has 18 aromatic rings. The fraction of sp³-hybridized carbons (Fsp3) is 0.0722. The maximum absolute atomic E-state index is 9.67. The zero-order chi connectivity index (χ0) is 71.7. The van der Waals surface area contributed by atoms with Gasteiger partial charge >= 0.3 is 0 Å². The molecule has 6 aromatic heterocycles. The molecule has 0 aliphatic rings. The number of fused-ring (bicyclic) bond motifs is 3. The van der Waals surface area contributed by atoms with Crippen molar-refractivity contribution in [1.29, 1.82) is 0 Å². The number of nitrogens with one attached hydrogen (secondary N) is 1. The van der Waals surface area contributed by atoms with E-state index in [4.69, 9.17) is 21.0 Å². The first kappa shape index (κ1) is 73.4. The zero-order valence-corrected chi connectivity index (χ0v) is 58.2. The van der Waals surface area contributed by atoms with E-state index in [-0.39, 0.29) is 22.3 Å². The minimum Gasteiger partial charge on any atom is -0.399 e. The monoisotopic (exact) mass is 1420 g/mol. The highest BCUT2D eigenvalue weighted by Gasteiger charge is 2.44. The van der Waals surface area contributed by atoms with Gasteiger partial charge in [-0.25, -0.2) is 14.0 Å². The van der Waals surface area contributed by atoms with E-state index >= 15 is 0 Å². The van der Waals surface area contributed by atoms with Crippen molar-refractivity contribution in [2.75, 3.05) is 11.2 Å². The fourth-order valence-corrected chi connectivity index (χ4v) is 15.2. The van der Waals surface area contributed by atoms with E-state index in [9.17, 15) is 5.21 Å². The first-order valence-electron chi connectivity index (χ1n) is 35.3. The number of nitrogens with two attached hydrogens (primary N) is 1. The van der Waals surface area contributed by atoms with Crippen molar-refractivity contribution in [1.82, 2.24) is 44.3 Å². The van der Waals surface area contributed by atoms with Crippen molar-refractivity contribution in [3.8, 4) is 33.8 Å². The first-order valence-corrected chi connectivity index (χ1v) is 35.3. The first-order chi connectivity index (χ1) is 52.4. The third-order valence-corrected chi connectivity index (χ3v) is 19.9. The molecule has 0 atom stereocenters. The van der Waals surface area contributed by atoms with E-state index in [1.165, 1.54) is 5.56 Å². The summed E-state index contributed by atoms with van der Waals surface area (Å²) in [6.45, 7) is 2.13. The van der Waals surface area contributed by atoms with Crippen LogP contribution in [0.15, 0.2) is 401 Å². The van der Waals surface area contributed by atoms with E-state index < -0.39 is 16.6 Å². The lowest BCUT2D eigenvalue weighted by Crippen LogP contribution is -2.38. The molecule has 0 spiro atoms. The highest BCUT2D eigenvalue weighted by molar-refractivity contribution is 5.98. The van der Waals surface area contributed by atoms with Crippen LogP contribution in [0.4, 0.5) is 11.4 Å². The molecule has 0 unspecified atom stereocenters. The second-order valence-electron chi connectivity index (χ2n) is 26.1. The van der Waals surface area contributed by atoms with Crippen LogP contribution < -0.4 is 11.2 Å². The predicted octanol–water partition coefficient (Wildman–Crippen LogP) is 22.4. The van der Waals surface area contributed by atoms with Gasteiger partial charge in [-0.05, 0) is 142 Å². The fourth-order valence-electron chi connectivity index (χ4n) is 15.2. The van der Waals surface area contributed by atoms with Crippen molar-refractivity contribution in [2.45, 2.75) is 45.8 Å². The number of hydrogen-bond donors (Lipinski definition) is 3.